The highest BCUT2D eigenvalue weighted by Gasteiger charge is 2.10. The summed E-state index contributed by atoms with van der Waals surface area (Å²) in [5.74, 6) is 0. The first-order valence-corrected chi connectivity index (χ1v) is 9.89. The van der Waals surface area contributed by atoms with Gasteiger partial charge >= 0.3 is 0 Å². The summed E-state index contributed by atoms with van der Waals surface area (Å²) in [6.45, 7) is 7.31. The number of benzene rings is 2. The Morgan fingerprint density at radius 3 is 2.50 bits per heavy atom. The predicted octanol–water partition coefficient (Wildman–Crippen LogP) is 6.27. The number of nitrogens with zero attached hydrogens (tertiary/aromatic N) is 2. The normalized spacial score (nSPS) is 11.0. The van der Waals surface area contributed by atoms with E-state index in [0.29, 0.717) is 0 Å². The number of para-hydroxylation sites is 1. The third kappa shape index (κ3) is 3.48. The summed E-state index contributed by atoms with van der Waals surface area (Å²) < 4.78 is 0. The molecule has 0 bridgehead atoms. The second kappa shape index (κ2) is 7.81. The summed E-state index contributed by atoms with van der Waals surface area (Å²) in [5.41, 5.74) is 8.84. The topological polar surface area (TPSA) is 37.8 Å². The van der Waals surface area contributed by atoms with E-state index in [0.717, 1.165) is 41.1 Å². The summed E-state index contributed by atoms with van der Waals surface area (Å²) in [4.78, 5) is 9.61. The van der Waals surface area contributed by atoms with Gasteiger partial charge in [0.15, 0.2) is 0 Å². The molecule has 0 amide bonds. The molecule has 4 aromatic rings. The van der Waals surface area contributed by atoms with Crippen molar-refractivity contribution in [2.45, 2.75) is 27.2 Å². The van der Waals surface area contributed by atoms with Crippen LogP contribution in [0.25, 0.3) is 33.4 Å². The molecule has 3 nitrogen and oxygen atoms in total. The fraction of sp³-hybridized carbons (Fsp3) is 0.200. The van der Waals surface area contributed by atoms with E-state index in [1.807, 2.05) is 6.20 Å². The van der Waals surface area contributed by atoms with Gasteiger partial charge in [0.25, 0.3) is 0 Å². The smallest absolute Gasteiger partial charge is 0.0896 e. The first-order valence-electron chi connectivity index (χ1n) is 9.89. The van der Waals surface area contributed by atoms with E-state index in [2.05, 4.69) is 86.8 Å². The highest BCUT2D eigenvalue weighted by molar-refractivity contribution is 5.86. The van der Waals surface area contributed by atoms with Crippen LogP contribution in [0.1, 0.15) is 25.0 Å². The number of aromatic nitrogens is 2. The maximum Gasteiger partial charge on any atom is 0.0896 e. The minimum Gasteiger partial charge on any atom is -0.385 e. The second-order valence-electron chi connectivity index (χ2n) is 7.05. The van der Waals surface area contributed by atoms with Gasteiger partial charge in [0.1, 0.15) is 0 Å². The lowest BCUT2D eigenvalue weighted by atomic mass is 10.0. The highest BCUT2D eigenvalue weighted by Crippen LogP contribution is 2.30. The third-order valence-corrected chi connectivity index (χ3v) is 5.06. The molecule has 140 valence electrons. The Morgan fingerprint density at radius 1 is 0.893 bits per heavy atom. The van der Waals surface area contributed by atoms with Gasteiger partial charge in [-0.3, -0.25) is 4.98 Å². The standard InChI is InChI=1S/C25H25N3/c1-4-18-15-25(28-23-12-10-17(3)14-21(18)23)24-13-11-19(16-27-24)20-8-6-7-9-22(20)26-5-2/h6-16,26H,4-5H2,1-3H3. The van der Waals surface area contributed by atoms with Gasteiger partial charge in [0.05, 0.1) is 16.9 Å². The average molecular weight is 367 g/mol. The molecule has 3 heteroatoms. The van der Waals surface area contributed by atoms with Crippen LogP contribution in [0.15, 0.2) is 66.9 Å². The van der Waals surface area contributed by atoms with Gasteiger partial charge in [-0.1, -0.05) is 42.8 Å². The Labute approximate surface area is 166 Å². The lowest BCUT2D eigenvalue weighted by molar-refractivity contribution is 1.14. The molecule has 2 aromatic heterocycles. The second-order valence-corrected chi connectivity index (χ2v) is 7.05. The molecule has 0 saturated carbocycles. The number of fused-ring (bicyclic) bond motifs is 1. The van der Waals surface area contributed by atoms with Crippen molar-refractivity contribution in [3.05, 3.63) is 78.0 Å². The molecule has 1 N–H and O–H groups in total. The number of hydrogen-bond acceptors (Lipinski definition) is 3. The van der Waals surface area contributed by atoms with E-state index >= 15 is 0 Å². The van der Waals surface area contributed by atoms with Gasteiger partial charge < -0.3 is 5.32 Å². The molecule has 0 spiro atoms. The van der Waals surface area contributed by atoms with Crippen LogP contribution in [0, 0.1) is 6.92 Å². The molecule has 0 unspecified atom stereocenters. The number of rotatable bonds is 5. The van der Waals surface area contributed by atoms with Gasteiger partial charge in [-0.25, -0.2) is 4.98 Å². The number of nitrogens with one attached hydrogen (secondary N) is 1. The van der Waals surface area contributed by atoms with E-state index in [9.17, 15) is 0 Å². The fourth-order valence-electron chi connectivity index (χ4n) is 3.62. The third-order valence-electron chi connectivity index (χ3n) is 5.06. The summed E-state index contributed by atoms with van der Waals surface area (Å²) >= 11 is 0. The highest BCUT2D eigenvalue weighted by atomic mass is 14.9. The van der Waals surface area contributed by atoms with Crippen molar-refractivity contribution in [3.8, 4) is 22.5 Å². The van der Waals surface area contributed by atoms with Crippen LogP contribution in [0.2, 0.25) is 0 Å². The molecule has 0 aliphatic carbocycles. The fourth-order valence-corrected chi connectivity index (χ4v) is 3.62. The zero-order chi connectivity index (χ0) is 19.5. The summed E-state index contributed by atoms with van der Waals surface area (Å²) in [6.07, 6.45) is 2.92. The Hall–Kier alpha value is -3.20. The monoisotopic (exact) mass is 367 g/mol. The minimum atomic E-state index is 0.892. The molecule has 0 fully saturated rings. The molecule has 0 radical (unpaired) electrons. The van der Waals surface area contributed by atoms with E-state index in [1.54, 1.807) is 0 Å². The van der Waals surface area contributed by atoms with Crippen molar-refractivity contribution < 1.29 is 0 Å². The largest absolute Gasteiger partial charge is 0.385 e. The zero-order valence-corrected chi connectivity index (χ0v) is 16.7. The molecule has 2 heterocycles. The van der Waals surface area contributed by atoms with Crippen molar-refractivity contribution in [2.75, 3.05) is 11.9 Å². The van der Waals surface area contributed by atoms with E-state index in [1.165, 1.54) is 22.1 Å². The van der Waals surface area contributed by atoms with Crippen molar-refractivity contribution in [2.24, 2.45) is 0 Å². The molecule has 28 heavy (non-hydrogen) atoms. The Morgan fingerprint density at radius 2 is 1.75 bits per heavy atom. The van der Waals surface area contributed by atoms with Crippen molar-refractivity contribution >= 4 is 16.6 Å². The van der Waals surface area contributed by atoms with E-state index < -0.39 is 0 Å². The predicted molar refractivity (Wildman–Crippen MR) is 119 cm³/mol. The van der Waals surface area contributed by atoms with Gasteiger partial charge in [-0.05, 0) is 56.2 Å². The van der Waals surface area contributed by atoms with E-state index in [-0.39, 0.29) is 0 Å². The molecule has 0 aliphatic rings. The molecule has 2 aromatic carbocycles. The summed E-state index contributed by atoms with van der Waals surface area (Å²) in [5, 5.41) is 4.66. The first kappa shape index (κ1) is 18.2. The molecule has 0 aliphatic heterocycles. The molecular formula is C25H25N3. The molecular weight excluding hydrogens is 342 g/mol. The number of aryl methyl sites for hydroxylation is 2. The average Bonchev–Trinajstić information content (AvgIpc) is 2.74. The molecule has 0 atom stereocenters. The quantitative estimate of drug-likeness (QED) is 0.452. The molecule has 4 rings (SSSR count). The maximum absolute atomic E-state index is 4.87. The van der Waals surface area contributed by atoms with Crippen LogP contribution >= 0.6 is 0 Å². The first-order chi connectivity index (χ1) is 13.7. The van der Waals surface area contributed by atoms with Gasteiger partial charge in [-0.2, -0.15) is 0 Å². The minimum absolute atomic E-state index is 0.892. The Balaban J connectivity index is 1.74. The van der Waals surface area contributed by atoms with Crippen LogP contribution in [0.4, 0.5) is 5.69 Å². The summed E-state index contributed by atoms with van der Waals surface area (Å²) in [6, 6.07) is 21.2. The Kier molecular flexibility index (Phi) is 5.07. The zero-order valence-electron chi connectivity index (χ0n) is 16.7. The molecule has 0 saturated heterocycles. The van der Waals surface area contributed by atoms with Crippen molar-refractivity contribution in [3.63, 3.8) is 0 Å². The number of hydrogen-bond donors (Lipinski definition) is 1. The van der Waals surface area contributed by atoms with Crippen molar-refractivity contribution in [1.82, 2.24) is 9.97 Å². The van der Waals surface area contributed by atoms with Crippen LogP contribution in [0.3, 0.4) is 0 Å². The number of anilines is 1. The maximum atomic E-state index is 4.87. The van der Waals surface area contributed by atoms with Crippen LogP contribution in [-0.4, -0.2) is 16.5 Å². The van der Waals surface area contributed by atoms with Gasteiger partial charge in [0, 0.05) is 34.9 Å². The van der Waals surface area contributed by atoms with Crippen LogP contribution in [-0.2, 0) is 6.42 Å². The lowest BCUT2D eigenvalue weighted by Gasteiger charge is -2.12. The summed E-state index contributed by atoms with van der Waals surface area (Å²) in [7, 11) is 0. The lowest BCUT2D eigenvalue weighted by Crippen LogP contribution is -1.98. The number of pyridine rings is 2. The van der Waals surface area contributed by atoms with Gasteiger partial charge in [0.2, 0.25) is 0 Å². The Bertz CT molecular complexity index is 1110. The SMILES string of the molecule is CCNc1ccccc1-c1ccc(-c2cc(CC)c3cc(C)ccc3n2)nc1. The van der Waals surface area contributed by atoms with Crippen LogP contribution in [0.5, 0.6) is 0 Å². The van der Waals surface area contributed by atoms with Gasteiger partial charge in [-0.15, -0.1) is 0 Å². The van der Waals surface area contributed by atoms with Crippen molar-refractivity contribution in [1.29, 1.82) is 0 Å². The van der Waals surface area contributed by atoms with E-state index in [4.69, 9.17) is 9.97 Å². The van der Waals surface area contributed by atoms with Crippen LogP contribution < -0.4 is 5.32 Å².